The van der Waals surface area contributed by atoms with Gasteiger partial charge in [-0.3, -0.25) is 24.2 Å². The molecule has 1 fully saturated rings. The molecule has 0 aliphatic carbocycles. The molecule has 3 aromatic rings. The molecule has 0 saturated carbocycles. The van der Waals surface area contributed by atoms with Crippen molar-refractivity contribution < 1.29 is 14.4 Å². The van der Waals surface area contributed by atoms with E-state index in [1.165, 1.54) is 22.2 Å². The van der Waals surface area contributed by atoms with E-state index in [0.717, 1.165) is 11.1 Å². The van der Waals surface area contributed by atoms with Gasteiger partial charge in [0.15, 0.2) is 0 Å². The number of para-hydroxylation sites is 1. The van der Waals surface area contributed by atoms with Crippen molar-refractivity contribution >= 4 is 46.5 Å². The van der Waals surface area contributed by atoms with Crippen molar-refractivity contribution in [1.29, 1.82) is 0 Å². The Morgan fingerprint density at radius 2 is 1.69 bits per heavy atom. The number of nitrogens with zero attached hydrogens (tertiary/aromatic N) is 2. The van der Waals surface area contributed by atoms with Gasteiger partial charge in [0.2, 0.25) is 16.7 Å². The molecule has 0 radical (unpaired) electrons. The first-order chi connectivity index (χ1) is 16.8. The maximum Gasteiger partial charge on any atom is 0.269 e. The lowest BCUT2D eigenvalue weighted by Crippen LogP contribution is -2.50. The van der Waals surface area contributed by atoms with E-state index in [0.29, 0.717) is 23.0 Å². The van der Waals surface area contributed by atoms with Crippen molar-refractivity contribution in [2.24, 2.45) is 0 Å². The maximum absolute atomic E-state index is 14.0. The molecule has 1 unspecified atom stereocenters. The van der Waals surface area contributed by atoms with Gasteiger partial charge in [0.25, 0.3) is 5.91 Å². The van der Waals surface area contributed by atoms with Gasteiger partial charge >= 0.3 is 0 Å². The molecule has 35 heavy (non-hydrogen) atoms. The van der Waals surface area contributed by atoms with Crippen LogP contribution in [0.15, 0.2) is 72.8 Å². The van der Waals surface area contributed by atoms with Gasteiger partial charge in [0.05, 0.1) is 11.4 Å². The van der Waals surface area contributed by atoms with E-state index in [4.69, 9.17) is 0 Å². The normalized spacial score (nSPS) is 19.1. The van der Waals surface area contributed by atoms with E-state index in [1.807, 2.05) is 79.7 Å². The summed E-state index contributed by atoms with van der Waals surface area (Å²) in [4.78, 5) is 42.0. The summed E-state index contributed by atoms with van der Waals surface area (Å²) in [6.45, 7) is 6.07. The second-order valence-corrected chi connectivity index (χ2v) is 10.4. The summed E-state index contributed by atoms with van der Waals surface area (Å²) < 4.78 is 0. The van der Waals surface area contributed by atoms with Crippen molar-refractivity contribution in [3.8, 4) is 0 Å². The van der Waals surface area contributed by atoms with Crippen LogP contribution in [-0.4, -0.2) is 30.0 Å². The standard InChI is InChI=1S/C28H27N3O3S/c1-18(2)20-10-12-21(13-11-20)29-25(32)16-30-24-7-5-4-6-23(24)28(27(30)34)31(26(33)17-35-28)22-14-8-19(3)9-15-22/h4-15,18H,16-17H2,1-3H3,(H,29,32). The number of nitrogens with one attached hydrogen (secondary N) is 1. The van der Waals surface area contributed by atoms with Gasteiger partial charge in [-0.15, -0.1) is 11.8 Å². The van der Waals surface area contributed by atoms with Crippen molar-refractivity contribution in [1.82, 2.24) is 0 Å². The lowest BCUT2D eigenvalue weighted by molar-refractivity contribution is -0.124. The Kier molecular flexibility index (Phi) is 5.89. The first kappa shape index (κ1) is 23.2. The fourth-order valence-corrected chi connectivity index (χ4v) is 6.06. The minimum Gasteiger partial charge on any atom is -0.325 e. The topological polar surface area (TPSA) is 69.7 Å². The quantitative estimate of drug-likeness (QED) is 0.550. The highest BCUT2D eigenvalue weighted by molar-refractivity contribution is 8.02. The molecule has 2 aliphatic heterocycles. The molecular weight excluding hydrogens is 458 g/mol. The summed E-state index contributed by atoms with van der Waals surface area (Å²) in [5, 5.41) is 2.90. The zero-order chi connectivity index (χ0) is 24.7. The van der Waals surface area contributed by atoms with Crippen LogP contribution < -0.4 is 15.1 Å². The number of hydrogen-bond donors (Lipinski definition) is 1. The van der Waals surface area contributed by atoms with Crippen LogP contribution in [0.1, 0.15) is 36.5 Å². The highest BCUT2D eigenvalue weighted by Crippen LogP contribution is 2.55. The molecule has 1 spiro atoms. The molecule has 5 rings (SSSR count). The number of fused-ring (bicyclic) bond motifs is 2. The second kappa shape index (κ2) is 8.89. The van der Waals surface area contributed by atoms with Crippen molar-refractivity contribution in [2.75, 3.05) is 27.4 Å². The van der Waals surface area contributed by atoms with Crippen molar-refractivity contribution in [2.45, 2.75) is 31.6 Å². The number of anilines is 3. The zero-order valence-electron chi connectivity index (χ0n) is 19.9. The molecule has 0 bridgehead atoms. The molecule has 2 heterocycles. The summed E-state index contributed by atoms with van der Waals surface area (Å²) in [6, 6.07) is 22.8. The van der Waals surface area contributed by atoms with Crippen molar-refractivity contribution in [3.63, 3.8) is 0 Å². The summed E-state index contributed by atoms with van der Waals surface area (Å²) in [5.41, 5.74) is 5.00. The summed E-state index contributed by atoms with van der Waals surface area (Å²) in [5.74, 6) is -0.105. The minimum absolute atomic E-state index is 0.126. The van der Waals surface area contributed by atoms with Crippen LogP contribution in [0.25, 0.3) is 0 Å². The van der Waals surface area contributed by atoms with Crippen LogP contribution in [0.2, 0.25) is 0 Å². The SMILES string of the molecule is Cc1ccc(N2C(=O)CSC23C(=O)N(CC(=O)Nc2ccc(C(C)C)cc2)c2ccccc23)cc1. The summed E-state index contributed by atoms with van der Waals surface area (Å²) >= 11 is 1.31. The molecule has 1 N–H and O–H groups in total. The highest BCUT2D eigenvalue weighted by atomic mass is 32.2. The van der Waals surface area contributed by atoms with Gasteiger partial charge in [0.1, 0.15) is 6.54 Å². The van der Waals surface area contributed by atoms with E-state index in [9.17, 15) is 14.4 Å². The molecule has 1 saturated heterocycles. The van der Waals surface area contributed by atoms with Crippen LogP contribution in [0.5, 0.6) is 0 Å². The lowest BCUT2D eigenvalue weighted by Gasteiger charge is -2.33. The predicted molar refractivity (Wildman–Crippen MR) is 141 cm³/mol. The lowest BCUT2D eigenvalue weighted by atomic mass is 10.0. The van der Waals surface area contributed by atoms with E-state index in [-0.39, 0.29) is 30.0 Å². The average Bonchev–Trinajstić information content (AvgIpc) is 3.31. The fourth-order valence-electron chi connectivity index (χ4n) is 4.70. The van der Waals surface area contributed by atoms with E-state index in [1.54, 1.807) is 4.90 Å². The smallest absolute Gasteiger partial charge is 0.269 e. The highest BCUT2D eigenvalue weighted by Gasteiger charge is 2.61. The molecule has 1 atom stereocenters. The Hall–Kier alpha value is -3.58. The summed E-state index contributed by atoms with van der Waals surface area (Å²) in [6.07, 6.45) is 0. The first-order valence-electron chi connectivity index (χ1n) is 11.7. The average molecular weight is 486 g/mol. The van der Waals surface area contributed by atoms with Crippen LogP contribution in [-0.2, 0) is 19.3 Å². The number of rotatable bonds is 5. The van der Waals surface area contributed by atoms with Gasteiger partial charge in [-0.05, 0) is 48.7 Å². The predicted octanol–water partition coefficient (Wildman–Crippen LogP) is 5.04. The number of carbonyl (C=O) groups is 3. The van der Waals surface area contributed by atoms with Crippen LogP contribution in [0.4, 0.5) is 17.1 Å². The molecule has 7 heteroatoms. The third kappa shape index (κ3) is 3.90. The monoisotopic (exact) mass is 485 g/mol. The van der Waals surface area contributed by atoms with E-state index < -0.39 is 4.87 Å². The molecule has 0 aromatic heterocycles. The Morgan fingerprint density at radius 3 is 2.37 bits per heavy atom. The van der Waals surface area contributed by atoms with Gasteiger partial charge in [-0.25, -0.2) is 0 Å². The minimum atomic E-state index is -1.22. The van der Waals surface area contributed by atoms with Crippen LogP contribution in [0, 0.1) is 6.92 Å². The molecule has 2 aliphatic rings. The maximum atomic E-state index is 14.0. The van der Waals surface area contributed by atoms with Gasteiger partial charge in [-0.1, -0.05) is 61.9 Å². The van der Waals surface area contributed by atoms with Gasteiger partial charge in [-0.2, -0.15) is 0 Å². The number of carbonyl (C=O) groups excluding carboxylic acids is 3. The summed E-state index contributed by atoms with van der Waals surface area (Å²) in [7, 11) is 0. The molecule has 3 amide bonds. The zero-order valence-corrected chi connectivity index (χ0v) is 20.8. The third-order valence-electron chi connectivity index (χ3n) is 6.52. The third-order valence-corrected chi connectivity index (χ3v) is 7.90. The molecule has 3 aromatic carbocycles. The Bertz CT molecular complexity index is 1300. The van der Waals surface area contributed by atoms with Gasteiger partial charge in [0, 0.05) is 16.9 Å². The number of aryl methyl sites for hydroxylation is 1. The largest absolute Gasteiger partial charge is 0.325 e. The van der Waals surface area contributed by atoms with Gasteiger partial charge < -0.3 is 5.32 Å². The fraction of sp³-hybridized carbons (Fsp3) is 0.250. The second-order valence-electron chi connectivity index (χ2n) is 9.23. The number of hydrogen-bond acceptors (Lipinski definition) is 4. The van der Waals surface area contributed by atoms with Crippen molar-refractivity contribution in [3.05, 3.63) is 89.5 Å². The van der Waals surface area contributed by atoms with E-state index >= 15 is 0 Å². The Balaban J connectivity index is 1.46. The number of thioether (sulfide) groups is 1. The molecule has 178 valence electrons. The number of amides is 3. The van der Waals surface area contributed by atoms with Crippen LogP contribution in [0.3, 0.4) is 0 Å². The van der Waals surface area contributed by atoms with Crippen LogP contribution >= 0.6 is 11.8 Å². The van der Waals surface area contributed by atoms with E-state index in [2.05, 4.69) is 19.2 Å². The Labute approximate surface area is 209 Å². The first-order valence-corrected chi connectivity index (χ1v) is 12.6. The molecular formula is C28H27N3O3S. The Morgan fingerprint density at radius 1 is 1.00 bits per heavy atom. The molecule has 6 nitrogen and oxygen atoms in total. The number of benzene rings is 3.